The molecular formula is C5H7N2O+. The van der Waals surface area contributed by atoms with Crippen LogP contribution in [0.25, 0.3) is 0 Å². The Morgan fingerprint density at radius 3 is 3.62 bits per heavy atom. The van der Waals surface area contributed by atoms with Gasteiger partial charge in [0.1, 0.15) is 6.61 Å². The molecule has 0 aromatic carbocycles. The van der Waals surface area contributed by atoms with Gasteiger partial charge in [-0.1, -0.05) is 0 Å². The number of fused-ring (bicyclic) bond motifs is 1. The SMILES string of the molecule is [H+].c1cc2c([nH]1)CON2. The maximum absolute atomic E-state index is 4.87. The zero-order valence-corrected chi connectivity index (χ0v) is 4.27. The van der Waals surface area contributed by atoms with Gasteiger partial charge < -0.3 is 4.98 Å². The molecule has 0 saturated heterocycles. The maximum atomic E-state index is 4.87. The van der Waals surface area contributed by atoms with Crippen LogP contribution in [0.4, 0.5) is 5.69 Å². The summed E-state index contributed by atoms with van der Waals surface area (Å²) < 4.78 is 0. The number of nitrogens with one attached hydrogen (secondary N) is 2. The molecular weight excluding hydrogens is 104 g/mol. The molecule has 2 heterocycles. The average molecular weight is 111 g/mol. The lowest BCUT2D eigenvalue weighted by molar-refractivity contribution is 0.199. The highest BCUT2D eigenvalue weighted by molar-refractivity contribution is 5.48. The molecule has 0 fully saturated rings. The van der Waals surface area contributed by atoms with E-state index in [0.717, 1.165) is 11.4 Å². The van der Waals surface area contributed by atoms with Crippen molar-refractivity contribution in [3.8, 4) is 0 Å². The third kappa shape index (κ3) is 0.364. The van der Waals surface area contributed by atoms with Crippen LogP contribution in [0.5, 0.6) is 0 Å². The Hall–Kier alpha value is -0.960. The molecule has 0 aliphatic carbocycles. The highest BCUT2D eigenvalue weighted by atomic mass is 16.6. The van der Waals surface area contributed by atoms with E-state index in [0.29, 0.717) is 6.61 Å². The van der Waals surface area contributed by atoms with Crippen molar-refractivity contribution in [3.63, 3.8) is 0 Å². The highest BCUT2D eigenvalue weighted by Crippen LogP contribution is 2.19. The van der Waals surface area contributed by atoms with Crippen molar-refractivity contribution in [2.24, 2.45) is 0 Å². The Morgan fingerprint density at radius 2 is 2.75 bits per heavy atom. The molecule has 3 nitrogen and oxygen atoms in total. The molecule has 2 N–H and O–H groups in total. The van der Waals surface area contributed by atoms with Gasteiger partial charge in [-0.3, -0.25) is 10.3 Å². The van der Waals surface area contributed by atoms with Gasteiger partial charge in [-0.05, 0) is 6.07 Å². The van der Waals surface area contributed by atoms with Crippen molar-refractivity contribution in [1.82, 2.24) is 4.98 Å². The van der Waals surface area contributed by atoms with Crippen LogP contribution in [0.15, 0.2) is 12.3 Å². The third-order valence-corrected chi connectivity index (χ3v) is 1.23. The summed E-state index contributed by atoms with van der Waals surface area (Å²) in [6.07, 6.45) is 1.89. The molecule has 0 radical (unpaired) electrons. The van der Waals surface area contributed by atoms with Crippen LogP contribution in [0.1, 0.15) is 7.12 Å². The molecule has 42 valence electrons. The Morgan fingerprint density at radius 1 is 1.75 bits per heavy atom. The minimum Gasteiger partial charge on any atom is -0.361 e. The minimum atomic E-state index is 0. The molecule has 1 aromatic rings. The van der Waals surface area contributed by atoms with Crippen LogP contribution in [-0.4, -0.2) is 4.98 Å². The van der Waals surface area contributed by atoms with Gasteiger partial charge in [0.05, 0.1) is 11.4 Å². The molecule has 1 aromatic heterocycles. The van der Waals surface area contributed by atoms with Gasteiger partial charge in [0.2, 0.25) is 0 Å². The second-order valence-electron chi connectivity index (χ2n) is 1.76. The first kappa shape index (κ1) is 3.97. The van der Waals surface area contributed by atoms with Crippen LogP contribution in [-0.2, 0) is 11.4 Å². The minimum absolute atomic E-state index is 0. The number of aromatic amines is 1. The van der Waals surface area contributed by atoms with E-state index in [1.165, 1.54) is 0 Å². The van der Waals surface area contributed by atoms with E-state index in [4.69, 9.17) is 4.84 Å². The monoisotopic (exact) mass is 111 g/mol. The molecule has 0 atom stereocenters. The zero-order valence-electron chi connectivity index (χ0n) is 5.27. The summed E-state index contributed by atoms with van der Waals surface area (Å²) >= 11 is 0. The number of hydrogen-bond acceptors (Lipinski definition) is 2. The van der Waals surface area contributed by atoms with Gasteiger partial charge in [0, 0.05) is 6.20 Å². The Bertz CT molecular complexity index is 180. The Labute approximate surface area is 48.1 Å². The van der Waals surface area contributed by atoms with E-state index in [-0.39, 0.29) is 1.43 Å². The van der Waals surface area contributed by atoms with E-state index in [1.807, 2.05) is 12.3 Å². The quantitative estimate of drug-likeness (QED) is 0.523. The lowest BCUT2D eigenvalue weighted by atomic mass is 10.4. The van der Waals surface area contributed by atoms with E-state index >= 15 is 0 Å². The van der Waals surface area contributed by atoms with Crippen molar-refractivity contribution in [1.29, 1.82) is 0 Å². The fourth-order valence-electron chi connectivity index (χ4n) is 0.805. The summed E-state index contributed by atoms with van der Waals surface area (Å²) in [5.74, 6) is 0. The summed E-state index contributed by atoms with van der Waals surface area (Å²) in [7, 11) is 0. The molecule has 1 aliphatic heterocycles. The predicted octanol–water partition coefficient (Wildman–Crippen LogP) is 0.984. The smallest absolute Gasteiger partial charge is 0.361 e. The van der Waals surface area contributed by atoms with Gasteiger partial charge in [-0.2, -0.15) is 0 Å². The van der Waals surface area contributed by atoms with Gasteiger partial charge in [0.15, 0.2) is 0 Å². The first-order valence-electron chi connectivity index (χ1n) is 2.51. The Kier molecular flexibility index (Phi) is 0.625. The van der Waals surface area contributed by atoms with E-state index in [2.05, 4.69) is 10.5 Å². The second kappa shape index (κ2) is 1.26. The molecule has 0 saturated carbocycles. The van der Waals surface area contributed by atoms with Crippen LogP contribution >= 0.6 is 0 Å². The second-order valence-corrected chi connectivity index (χ2v) is 1.76. The zero-order chi connectivity index (χ0) is 5.40. The largest absolute Gasteiger partial charge is 1.00 e. The lowest BCUT2D eigenvalue weighted by Gasteiger charge is -1.86. The number of rotatable bonds is 0. The predicted molar refractivity (Wildman–Crippen MR) is 30.3 cm³/mol. The molecule has 8 heavy (non-hydrogen) atoms. The molecule has 0 amide bonds. The standard InChI is InChI=1S/C5H6N2O/c1-2-6-5-3-8-7-4(1)5/h1-2,6-7H,3H2/p+1. The molecule has 2 rings (SSSR count). The highest BCUT2D eigenvalue weighted by Gasteiger charge is 2.09. The molecule has 3 heteroatoms. The normalized spacial score (nSPS) is 15.5. The van der Waals surface area contributed by atoms with Gasteiger partial charge in [-0.15, -0.1) is 0 Å². The summed E-state index contributed by atoms with van der Waals surface area (Å²) in [4.78, 5) is 7.90. The summed E-state index contributed by atoms with van der Waals surface area (Å²) in [5.41, 5.74) is 4.94. The van der Waals surface area contributed by atoms with Crippen molar-refractivity contribution in [2.75, 3.05) is 5.48 Å². The van der Waals surface area contributed by atoms with Crippen LogP contribution in [0, 0.1) is 0 Å². The topological polar surface area (TPSA) is 37.0 Å². The van der Waals surface area contributed by atoms with E-state index < -0.39 is 0 Å². The van der Waals surface area contributed by atoms with Crippen LogP contribution in [0.3, 0.4) is 0 Å². The molecule has 1 aliphatic rings. The first-order valence-corrected chi connectivity index (χ1v) is 2.51. The molecule has 0 bridgehead atoms. The van der Waals surface area contributed by atoms with Crippen LogP contribution < -0.4 is 5.48 Å². The fourth-order valence-corrected chi connectivity index (χ4v) is 0.805. The third-order valence-electron chi connectivity index (χ3n) is 1.23. The van der Waals surface area contributed by atoms with Gasteiger partial charge in [0.25, 0.3) is 0 Å². The first-order chi connectivity index (χ1) is 3.97. The Balaban J connectivity index is 0.000000405. The number of aromatic nitrogens is 1. The number of H-pyrrole nitrogens is 1. The summed E-state index contributed by atoms with van der Waals surface area (Å²) in [6.45, 7) is 0.655. The average Bonchev–Trinajstić information content (AvgIpc) is 2.15. The number of anilines is 1. The fraction of sp³-hybridized carbons (Fsp3) is 0.200. The molecule has 0 spiro atoms. The van der Waals surface area contributed by atoms with E-state index in [1.54, 1.807) is 0 Å². The maximum Gasteiger partial charge on any atom is 1.00 e. The van der Waals surface area contributed by atoms with Crippen molar-refractivity contribution in [3.05, 3.63) is 18.0 Å². The number of hydrogen-bond donors (Lipinski definition) is 2. The van der Waals surface area contributed by atoms with Crippen molar-refractivity contribution < 1.29 is 6.26 Å². The molecule has 0 unspecified atom stereocenters. The lowest BCUT2D eigenvalue weighted by Crippen LogP contribution is -1.86. The van der Waals surface area contributed by atoms with E-state index in [9.17, 15) is 0 Å². The van der Waals surface area contributed by atoms with Crippen LogP contribution in [0.2, 0.25) is 0 Å². The van der Waals surface area contributed by atoms with Gasteiger partial charge >= 0.3 is 1.43 Å². The van der Waals surface area contributed by atoms with Gasteiger partial charge in [-0.25, -0.2) is 0 Å². The van der Waals surface area contributed by atoms with Crippen molar-refractivity contribution in [2.45, 2.75) is 6.61 Å². The summed E-state index contributed by atoms with van der Waals surface area (Å²) in [6, 6.07) is 1.95. The summed E-state index contributed by atoms with van der Waals surface area (Å²) in [5, 5.41) is 0. The van der Waals surface area contributed by atoms with Crippen molar-refractivity contribution >= 4 is 5.69 Å².